The maximum absolute atomic E-state index is 12.7. The summed E-state index contributed by atoms with van der Waals surface area (Å²) in [5, 5.41) is 25.8. The molecular weight excluding hydrogens is 437 g/mol. The topological polar surface area (TPSA) is 138 Å². The SMILES string of the molecule is CC(C)CNC(=O)/C(C(N)=Nc1ccc(N)cc1P)=C(/O)C(=N)c1ccsc1.CS. The van der Waals surface area contributed by atoms with Crippen molar-refractivity contribution < 1.29 is 9.90 Å². The van der Waals surface area contributed by atoms with E-state index in [0.717, 1.165) is 0 Å². The van der Waals surface area contributed by atoms with E-state index in [9.17, 15) is 9.90 Å². The van der Waals surface area contributed by atoms with Crippen LogP contribution in [0.1, 0.15) is 19.4 Å². The van der Waals surface area contributed by atoms with Crippen molar-refractivity contribution in [3.05, 3.63) is 51.9 Å². The van der Waals surface area contributed by atoms with Crippen molar-refractivity contribution in [1.29, 1.82) is 5.41 Å². The number of thiol groups is 1. The summed E-state index contributed by atoms with van der Waals surface area (Å²) in [6.07, 6.45) is 1.69. The molecule has 7 nitrogen and oxygen atoms in total. The van der Waals surface area contributed by atoms with Crippen molar-refractivity contribution in [3.63, 3.8) is 0 Å². The van der Waals surface area contributed by atoms with E-state index in [-0.39, 0.29) is 23.0 Å². The Morgan fingerprint density at radius 3 is 2.57 bits per heavy atom. The first kappa shape index (κ1) is 25.7. The third kappa shape index (κ3) is 7.16. The minimum absolute atomic E-state index is 0.188. The van der Waals surface area contributed by atoms with Crippen molar-refractivity contribution in [2.24, 2.45) is 16.6 Å². The van der Waals surface area contributed by atoms with Crippen LogP contribution < -0.4 is 22.1 Å². The van der Waals surface area contributed by atoms with Crippen LogP contribution >= 0.6 is 33.2 Å². The Kier molecular flexibility index (Phi) is 10.6. The second-order valence-corrected chi connectivity index (χ2v) is 7.93. The number of nitrogens with one attached hydrogen (secondary N) is 2. The van der Waals surface area contributed by atoms with Crippen LogP contribution in [-0.4, -0.2) is 35.4 Å². The lowest BCUT2D eigenvalue weighted by Crippen LogP contribution is -2.35. The van der Waals surface area contributed by atoms with E-state index < -0.39 is 11.7 Å². The Balaban J connectivity index is 0.00000218. The second kappa shape index (κ2) is 12.4. The molecule has 30 heavy (non-hydrogen) atoms. The van der Waals surface area contributed by atoms with Crippen molar-refractivity contribution in [1.82, 2.24) is 5.32 Å². The molecule has 0 fully saturated rings. The van der Waals surface area contributed by atoms with E-state index >= 15 is 0 Å². The third-order valence-corrected chi connectivity index (χ3v) is 4.88. The van der Waals surface area contributed by atoms with Crippen LogP contribution in [-0.2, 0) is 4.79 Å². The molecule has 1 heterocycles. The number of benzene rings is 1. The lowest BCUT2D eigenvalue weighted by Gasteiger charge is -2.13. The molecule has 0 saturated heterocycles. The minimum Gasteiger partial charge on any atom is -0.505 e. The molecule has 0 saturated carbocycles. The summed E-state index contributed by atoms with van der Waals surface area (Å²) in [5.41, 5.74) is 12.9. The molecule has 2 rings (SSSR count). The fourth-order valence-corrected chi connectivity index (χ4v) is 3.26. The van der Waals surface area contributed by atoms with E-state index in [1.807, 2.05) is 13.8 Å². The third-order valence-electron chi connectivity index (χ3n) is 3.73. The number of carbonyl (C=O) groups is 1. The summed E-state index contributed by atoms with van der Waals surface area (Å²) >= 11 is 4.91. The number of aliphatic imine (C=N–C) groups is 1. The van der Waals surface area contributed by atoms with E-state index in [4.69, 9.17) is 16.9 Å². The monoisotopic (exact) mass is 465 g/mol. The molecule has 0 spiro atoms. The number of amides is 1. The number of hydrogen-bond acceptors (Lipinski definition) is 7. The molecule has 1 amide bonds. The fraction of sp³-hybridized carbons (Fsp3) is 0.250. The van der Waals surface area contributed by atoms with Crippen molar-refractivity contribution >= 4 is 67.3 Å². The summed E-state index contributed by atoms with van der Waals surface area (Å²) in [4.78, 5) is 17.0. The first-order valence-electron chi connectivity index (χ1n) is 8.97. The van der Waals surface area contributed by atoms with Gasteiger partial charge in [0.1, 0.15) is 17.1 Å². The second-order valence-electron chi connectivity index (χ2n) is 6.53. The zero-order valence-corrected chi connectivity index (χ0v) is 20.0. The molecule has 0 radical (unpaired) electrons. The van der Waals surface area contributed by atoms with Crippen LogP contribution in [0.25, 0.3) is 0 Å². The number of allylic oxidation sites excluding steroid dienone is 1. The van der Waals surface area contributed by atoms with Gasteiger partial charge in [0, 0.05) is 23.2 Å². The number of hydrogen-bond donors (Lipinski definition) is 6. The van der Waals surface area contributed by atoms with Gasteiger partial charge in [0.05, 0.1) is 5.69 Å². The number of amidine groups is 1. The minimum atomic E-state index is -0.590. The number of rotatable bonds is 7. The summed E-state index contributed by atoms with van der Waals surface area (Å²) in [6.45, 7) is 4.29. The van der Waals surface area contributed by atoms with Crippen LogP contribution in [0.15, 0.2) is 51.4 Å². The summed E-state index contributed by atoms with van der Waals surface area (Å²) in [6, 6.07) is 6.71. The van der Waals surface area contributed by atoms with Gasteiger partial charge in [0.25, 0.3) is 5.91 Å². The molecule has 0 aliphatic carbocycles. The Labute approximate surface area is 188 Å². The number of aliphatic hydroxyl groups is 1. The lowest BCUT2D eigenvalue weighted by atomic mass is 10.1. The van der Waals surface area contributed by atoms with Crippen LogP contribution in [0.3, 0.4) is 0 Å². The molecule has 2 aromatic rings. The standard InChI is InChI=1S/C19H24N5O2PS.CH4S/c1-10(2)8-23-19(26)15(17(25)16(21)11-5-6-28-9-11)18(22)24-13-4-3-12(20)7-14(13)27;1-2/h3-7,9-10,21,25H,8,20,27H2,1-2H3,(H2,22,24)(H,23,26);2H,1H3/b17-15+,21-16?;. The Bertz CT molecular complexity index is 941. The zero-order valence-electron chi connectivity index (χ0n) is 17.1. The van der Waals surface area contributed by atoms with Gasteiger partial charge in [-0.15, -0.1) is 9.24 Å². The Hall–Kier alpha value is -2.35. The van der Waals surface area contributed by atoms with Gasteiger partial charge >= 0.3 is 0 Å². The van der Waals surface area contributed by atoms with Gasteiger partial charge in [-0.1, -0.05) is 13.8 Å². The average Bonchev–Trinajstić information content (AvgIpc) is 3.24. The number of thiophene rings is 1. The highest BCUT2D eigenvalue weighted by Gasteiger charge is 2.23. The zero-order chi connectivity index (χ0) is 22.8. The maximum Gasteiger partial charge on any atom is 0.258 e. The van der Waals surface area contributed by atoms with E-state index in [1.165, 1.54) is 11.3 Å². The average molecular weight is 466 g/mol. The first-order valence-corrected chi connectivity index (χ1v) is 11.4. The van der Waals surface area contributed by atoms with Crippen LogP contribution in [0, 0.1) is 11.3 Å². The van der Waals surface area contributed by atoms with Crippen molar-refractivity contribution in [2.75, 3.05) is 18.5 Å². The molecule has 0 bridgehead atoms. The van der Waals surface area contributed by atoms with Gasteiger partial charge in [0.2, 0.25) is 0 Å². The van der Waals surface area contributed by atoms with E-state index in [0.29, 0.717) is 28.8 Å². The van der Waals surface area contributed by atoms with Gasteiger partial charge in [-0.25, -0.2) is 4.99 Å². The van der Waals surface area contributed by atoms with Crippen LogP contribution in [0.2, 0.25) is 0 Å². The molecule has 1 unspecified atom stereocenters. The predicted octanol–water partition coefficient (Wildman–Crippen LogP) is 3.02. The molecule has 7 N–H and O–H groups in total. The first-order chi connectivity index (χ1) is 14.2. The lowest BCUT2D eigenvalue weighted by molar-refractivity contribution is -0.117. The fourth-order valence-electron chi connectivity index (χ4n) is 2.26. The molecule has 1 aromatic carbocycles. The normalized spacial score (nSPS) is 12.0. The van der Waals surface area contributed by atoms with Gasteiger partial charge < -0.3 is 21.9 Å². The number of carbonyl (C=O) groups excluding carboxylic acids is 1. The van der Waals surface area contributed by atoms with Crippen molar-refractivity contribution in [2.45, 2.75) is 13.8 Å². The number of anilines is 1. The van der Waals surface area contributed by atoms with E-state index in [1.54, 1.807) is 41.3 Å². The molecule has 10 heteroatoms. The Morgan fingerprint density at radius 1 is 1.37 bits per heavy atom. The van der Waals surface area contributed by atoms with Gasteiger partial charge in [-0.2, -0.15) is 24.0 Å². The van der Waals surface area contributed by atoms with Gasteiger partial charge in [-0.05, 0) is 47.1 Å². The number of nitrogens with zero attached hydrogens (tertiary/aromatic N) is 1. The quantitative estimate of drug-likeness (QED) is 0.0712. The molecule has 1 atom stereocenters. The predicted molar refractivity (Wildman–Crippen MR) is 135 cm³/mol. The maximum atomic E-state index is 12.7. The number of aliphatic hydroxyl groups excluding tert-OH is 1. The van der Waals surface area contributed by atoms with Crippen LogP contribution in [0.4, 0.5) is 11.4 Å². The summed E-state index contributed by atoms with van der Waals surface area (Å²) in [5.74, 6) is -1.10. The highest BCUT2D eigenvalue weighted by molar-refractivity contribution is 7.79. The molecule has 162 valence electrons. The highest BCUT2D eigenvalue weighted by atomic mass is 32.1. The smallest absolute Gasteiger partial charge is 0.258 e. The number of nitrogens with two attached hydrogens (primary N) is 2. The largest absolute Gasteiger partial charge is 0.505 e. The van der Waals surface area contributed by atoms with Gasteiger partial charge in [0.15, 0.2) is 5.76 Å². The van der Waals surface area contributed by atoms with Crippen molar-refractivity contribution in [3.8, 4) is 0 Å². The molecule has 0 aliphatic rings. The van der Waals surface area contributed by atoms with E-state index in [2.05, 4.69) is 32.2 Å². The molecule has 1 aromatic heterocycles. The molecule has 0 aliphatic heterocycles. The highest BCUT2D eigenvalue weighted by Crippen LogP contribution is 2.18. The summed E-state index contributed by atoms with van der Waals surface area (Å²) < 4.78 is 0. The van der Waals surface area contributed by atoms with Crippen LogP contribution in [0.5, 0.6) is 0 Å². The molecular formula is C20H28N5O2PS2. The summed E-state index contributed by atoms with van der Waals surface area (Å²) in [7, 11) is 2.50. The van der Waals surface area contributed by atoms with Gasteiger partial charge in [-0.3, -0.25) is 10.2 Å². The Morgan fingerprint density at radius 2 is 2.03 bits per heavy atom. The number of nitrogen functional groups attached to an aromatic ring is 1.